The van der Waals surface area contributed by atoms with Gasteiger partial charge < -0.3 is 10.6 Å². The molecule has 0 aliphatic carbocycles. The summed E-state index contributed by atoms with van der Waals surface area (Å²) in [5.41, 5.74) is 9.01. The topological polar surface area (TPSA) is 46.3 Å². The minimum atomic E-state index is 0.200. The van der Waals surface area contributed by atoms with Crippen molar-refractivity contribution in [3.05, 3.63) is 29.3 Å². The molecule has 1 aromatic carbocycles. The Morgan fingerprint density at radius 3 is 2.76 bits per heavy atom. The molecule has 1 heterocycles. The molecule has 0 radical (unpaired) electrons. The van der Waals surface area contributed by atoms with Crippen LogP contribution in [0.1, 0.15) is 30.9 Å². The van der Waals surface area contributed by atoms with E-state index in [1.54, 1.807) is 11.8 Å². The molecule has 0 atom stereocenters. The second kappa shape index (κ2) is 5.10. The summed E-state index contributed by atoms with van der Waals surface area (Å²) in [4.78, 5) is 13.7. The monoisotopic (exact) mass is 250 g/mol. The van der Waals surface area contributed by atoms with E-state index >= 15 is 0 Å². The maximum Gasteiger partial charge on any atom is 0.237 e. The van der Waals surface area contributed by atoms with E-state index in [-0.39, 0.29) is 5.91 Å². The zero-order chi connectivity index (χ0) is 12.4. The van der Waals surface area contributed by atoms with Crippen molar-refractivity contribution in [1.29, 1.82) is 0 Å². The average Bonchev–Trinajstić information content (AvgIpc) is 2.74. The fourth-order valence-corrected chi connectivity index (χ4v) is 2.90. The number of nitrogens with two attached hydrogens (primary N) is 1. The Morgan fingerprint density at radius 2 is 2.24 bits per heavy atom. The highest BCUT2D eigenvalue weighted by Crippen LogP contribution is 2.32. The van der Waals surface area contributed by atoms with Gasteiger partial charge in [-0.3, -0.25) is 4.79 Å². The minimum absolute atomic E-state index is 0.200. The van der Waals surface area contributed by atoms with Crippen molar-refractivity contribution in [3.63, 3.8) is 0 Å². The number of carbonyl (C=O) groups excluding carboxylic acids is 1. The number of thioether (sulfide) groups is 1. The molecule has 2 rings (SSSR count). The maximum atomic E-state index is 11.8. The fourth-order valence-electron chi connectivity index (χ4n) is 2.02. The van der Waals surface area contributed by atoms with Gasteiger partial charge in [-0.05, 0) is 23.1 Å². The molecule has 17 heavy (non-hydrogen) atoms. The van der Waals surface area contributed by atoms with E-state index in [1.165, 1.54) is 5.56 Å². The third-order valence-electron chi connectivity index (χ3n) is 2.99. The molecular weight excluding hydrogens is 232 g/mol. The highest BCUT2D eigenvalue weighted by molar-refractivity contribution is 8.00. The van der Waals surface area contributed by atoms with Crippen LogP contribution in [0.3, 0.4) is 0 Å². The Balaban J connectivity index is 2.44. The van der Waals surface area contributed by atoms with Gasteiger partial charge in [-0.25, -0.2) is 0 Å². The van der Waals surface area contributed by atoms with Crippen LogP contribution in [0.2, 0.25) is 0 Å². The van der Waals surface area contributed by atoms with Gasteiger partial charge in [0.05, 0.1) is 11.6 Å². The number of hydrogen-bond acceptors (Lipinski definition) is 3. The lowest BCUT2D eigenvalue weighted by atomic mass is 9.98. The number of hydrogen-bond donors (Lipinski definition) is 1. The number of amides is 1. The average molecular weight is 250 g/mol. The Hall–Kier alpha value is -1.00. The first-order valence-electron chi connectivity index (χ1n) is 5.84. The summed E-state index contributed by atoms with van der Waals surface area (Å²) in [6, 6.07) is 6.20. The molecule has 0 unspecified atom stereocenters. The van der Waals surface area contributed by atoms with Crippen molar-refractivity contribution < 1.29 is 4.79 Å². The van der Waals surface area contributed by atoms with Crippen LogP contribution in [0.15, 0.2) is 18.2 Å². The van der Waals surface area contributed by atoms with E-state index in [0.29, 0.717) is 18.2 Å². The second-order valence-electron chi connectivity index (χ2n) is 4.55. The van der Waals surface area contributed by atoms with Crippen LogP contribution in [0.5, 0.6) is 0 Å². The minimum Gasteiger partial charge on any atom is -0.326 e. The molecule has 1 amide bonds. The summed E-state index contributed by atoms with van der Waals surface area (Å²) >= 11 is 1.66. The van der Waals surface area contributed by atoms with E-state index in [4.69, 9.17) is 5.73 Å². The summed E-state index contributed by atoms with van der Waals surface area (Å²) in [7, 11) is 0. The molecule has 0 saturated carbocycles. The van der Waals surface area contributed by atoms with Crippen LogP contribution in [0, 0.1) is 0 Å². The van der Waals surface area contributed by atoms with Crippen LogP contribution < -0.4 is 10.6 Å². The first-order valence-corrected chi connectivity index (χ1v) is 7.00. The number of carbonyl (C=O) groups is 1. The molecule has 2 N–H and O–H groups in total. The molecule has 3 nitrogen and oxygen atoms in total. The Labute approximate surface area is 106 Å². The number of benzene rings is 1. The van der Waals surface area contributed by atoms with Crippen molar-refractivity contribution in [3.8, 4) is 0 Å². The molecule has 4 heteroatoms. The lowest BCUT2D eigenvalue weighted by Crippen LogP contribution is -2.26. The van der Waals surface area contributed by atoms with Crippen molar-refractivity contribution >= 4 is 23.4 Å². The van der Waals surface area contributed by atoms with Crippen LogP contribution in [-0.2, 0) is 11.3 Å². The predicted molar refractivity (Wildman–Crippen MR) is 73.2 cm³/mol. The van der Waals surface area contributed by atoms with Gasteiger partial charge in [0, 0.05) is 12.2 Å². The van der Waals surface area contributed by atoms with Gasteiger partial charge in [-0.15, -0.1) is 11.8 Å². The Kier molecular flexibility index (Phi) is 3.74. The van der Waals surface area contributed by atoms with E-state index in [9.17, 15) is 4.79 Å². The summed E-state index contributed by atoms with van der Waals surface area (Å²) in [5.74, 6) is 1.96. The molecule has 1 saturated heterocycles. The SMILES string of the molecule is CC(C)c1ccc(CN)cc1N1CSCC1=O. The molecule has 1 fully saturated rings. The molecular formula is C13H18N2OS. The van der Waals surface area contributed by atoms with Gasteiger partial charge >= 0.3 is 0 Å². The summed E-state index contributed by atoms with van der Waals surface area (Å²) in [6.07, 6.45) is 0. The van der Waals surface area contributed by atoms with Gasteiger partial charge in [0.25, 0.3) is 0 Å². The highest BCUT2D eigenvalue weighted by Gasteiger charge is 2.25. The van der Waals surface area contributed by atoms with E-state index in [1.807, 2.05) is 11.0 Å². The van der Waals surface area contributed by atoms with Crippen LogP contribution in [0.4, 0.5) is 5.69 Å². The zero-order valence-corrected chi connectivity index (χ0v) is 11.1. The van der Waals surface area contributed by atoms with Crippen molar-refractivity contribution in [2.45, 2.75) is 26.3 Å². The highest BCUT2D eigenvalue weighted by atomic mass is 32.2. The van der Waals surface area contributed by atoms with Crippen LogP contribution >= 0.6 is 11.8 Å². The molecule has 92 valence electrons. The first kappa shape index (κ1) is 12.5. The van der Waals surface area contributed by atoms with Crippen molar-refractivity contribution in [2.24, 2.45) is 5.73 Å². The number of nitrogens with zero attached hydrogens (tertiary/aromatic N) is 1. The predicted octanol–water partition coefficient (Wildman–Crippen LogP) is 2.31. The normalized spacial score (nSPS) is 16.0. The van der Waals surface area contributed by atoms with Crippen molar-refractivity contribution in [1.82, 2.24) is 0 Å². The van der Waals surface area contributed by atoms with E-state index in [2.05, 4.69) is 26.0 Å². The Bertz CT molecular complexity index is 431. The quantitative estimate of drug-likeness (QED) is 0.895. The zero-order valence-electron chi connectivity index (χ0n) is 10.3. The molecule has 0 spiro atoms. The number of rotatable bonds is 3. The fraction of sp³-hybridized carbons (Fsp3) is 0.462. The second-order valence-corrected chi connectivity index (χ2v) is 5.51. The van der Waals surface area contributed by atoms with Crippen molar-refractivity contribution in [2.75, 3.05) is 16.5 Å². The van der Waals surface area contributed by atoms with Gasteiger partial charge in [0.1, 0.15) is 0 Å². The molecule has 0 bridgehead atoms. The molecule has 1 aromatic rings. The lowest BCUT2D eigenvalue weighted by Gasteiger charge is -2.22. The van der Waals surface area contributed by atoms with Crippen LogP contribution in [-0.4, -0.2) is 17.5 Å². The lowest BCUT2D eigenvalue weighted by molar-refractivity contribution is -0.115. The molecule has 0 aromatic heterocycles. The van der Waals surface area contributed by atoms with Gasteiger partial charge in [0.15, 0.2) is 0 Å². The standard InChI is InChI=1S/C13H18N2OS/c1-9(2)11-4-3-10(6-14)5-12(11)15-8-17-7-13(15)16/h3-5,9H,6-8,14H2,1-2H3. The maximum absolute atomic E-state index is 11.8. The van der Waals surface area contributed by atoms with E-state index < -0.39 is 0 Å². The van der Waals surface area contributed by atoms with Gasteiger partial charge in [-0.2, -0.15) is 0 Å². The molecule has 1 aliphatic rings. The third kappa shape index (κ3) is 2.48. The van der Waals surface area contributed by atoms with E-state index in [0.717, 1.165) is 17.1 Å². The first-order chi connectivity index (χ1) is 8.13. The summed E-state index contributed by atoms with van der Waals surface area (Å²) in [5, 5.41) is 0. The molecule has 1 aliphatic heterocycles. The Morgan fingerprint density at radius 1 is 1.47 bits per heavy atom. The van der Waals surface area contributed by atoms with Gasteiger partial charge in [0.2, 0.25) is 5.91 Å². The number of anilines is 1. The third-order valence-corrected chi connectivity index (χ3v) is 3.88. The van der Waals surface area contributed by atoms with Gasteiger partial charge in [-0.1, -0.05) is 26.0 Å². The largest absolute Gasteiger partial charge is 0.326 e. The summed E-state index contributed by atoms with van der Waals surface area (Å²) < 4.78 is 0. The van der Waals surface area contributed by atoms with Crippen LogP contribution in [0.25, 0.3) is 0 Å². The smallest absolute Gasteiger partial charge is 0.237 e. The summed E-state index contributed by atoms with van der Waals surface area (Å²) in [6.45, 7) is 4.81.